The number of anilines is 1. The molecule has 0 saturated heterocycles. The zero-order chi connectivity index (χ0) is 20.3. The van der Waals surface area contributed by atoms with Gasteiger partial charge in [0, 0.05) is 16.6 Å². The van der Waals surface area contributed by atoms with Gasteiger partial charge >= 0.3 is 0 Å². The van der Waals surface area contributed by atoms with Gasteiger partial charge in [0.1, 0.15) is 11.5 Å². The number of hydrogen-bond acceptors (Lipinski definition) is 6. The van der Waals surface area contributed by atoms with Crippen LogP contribution in [0.1, 0.15) is 48.8 Å². The van der Waals surface area contributed by atoms with Gasteiger partial charge in [-0.1, -0.05) is 22.7 Å². The van der Waals surface area contributed by atoms with Crippen LogP contribution in [-0.2, 0) is 4.79 Å². The summed E-state index contributed by atoms with van der Waals surface area (Å²) in [5.41, 5.74) is 0.249. The number of nitrogens with one attached hydrogen (secondary N) is 1. The summed E-state index contributed by atoms with van der Waals surface area (Å²) in [6.45, 7) is 7.44. The minimum Gasteiger partial charge on any atom is -0.464 e. The van der Waals surface area contributed by atoms with Crippen LogP contribution in [0.25, 0.3) is 0 Å². The van der Waals surface area contributed by atoms with Crippen molar-refractivity contribution in [3.63, 3.8) is 0 Å². The van der Waals surface area contributed by atoms with Crippen LogP contribution in [0.2, 0.25) is 0 Å². The Kier molecular flexibility index (Phi) is 5.60. The van der Waals surface area contributed by atoms with Crippen LogP contribution in [0.3, 0.4) is 0 Å². The van der Waals surface area contributed by atoms with E-state index < -0.39 is 17.5 Å². The second kappa shape index (κ2) is 7.93. The van der Waals surface area contributed by atoms with Crippen molar-refractivity contribution in [1.82, 2.24) is 14.9 Å². The molecule has 8 heteroatoms. The molecular formula is C20H22N4O3S. The van der Waals surface area contributed by atoms with E-state index >= 15 is 0 Å². The summed E-state index contributed by atoms with van der Waals surface area (Å²) in [4.78, 5) is 28.0. The Morgan fingerprint density at radius 3 is 2.39 bits per heavy atom. The van der Waals surface area contributed by atoms with Crippen LogP contribution in [-0.4, -0.2) is 26.9 Å². The molecule has 1 unspecified atom stereocenters. The Morgan fingerprint density at radius 2 is 1.86 bits per heavy atom. The number of aryl methyl sites for hydroxylation is 1. The lowest BCUT2D eigenvalue weighted by atomic mass is 10.1. The molecule has 28 heavy (non-hydrogen) atoms. The lowest BCUT2D eigenvalue weighted by Crippen LogP contribution is -2.49. The third-order valence-electron chi connectivity index (χ3n) is 3.87. The van der Waals surface area contributed by atoms with Crippen molar-refractivity contribution in [3.8, 4) is 0 Å². The van der Waals surface area contributed by atoms with Gasteiger partial charge in [0.15, 0.2) is 11.7 Å². The summed E-state index contributed by atoms with van der Waals surface area (Å²) in [5, 5.41) is 8.40. The number of nitrogens with zero attached hydrogens (tertiary/aromatic N) is 3. The second-order valence-corrected chi connectivity index (χ2v) is 8.00. The Bertz CT molecular complexity index is 946. The topological polar surface area (TPSA) is 88.3 Å². The summed E-state index contributed by atoms with van der Waals surface area (Å²) in [6.07, 6.45) is 0. The van der Waals surface area contributed by atoms with Crippen LogP contribution >= 0.6 is 11.5 Å². The highest BCUT2D eigenvalue weighted by Crippen LogP contribution is 2.31. The molecule has 1 aromatic carbocycles. The van der Waals surface area contributed by atoms with E-state index in [1.165, 1.54) is 4.90 Å². The van der Waals surface area contributed by atoms with Crippen LogP contribution in [0.15, 0.2) is 52.3 Å². The van der Waals surface area contributed by atoms with Crippen molar-refractivity contribution >= 4 is 29.0 Å². The Morgan fingerprint density at radius 1 is 1.14 bits per heavy atom. The normalized spacial score (nSPS) is 12.4. The third-order valence-corrected chi connectivity index (χ3v) is 4.37. The van der Waals surface area contributed by atoms with Crippen LogP contribution in [0, 0.1) is 6.92 Å². The first kappa shape index (κ1) is 19.8. The zero-order valence-electron chi connectivity index (χ0n) is 16.2. The highest BCUT2D eigenvalue weighted by Gasteiger charge is 2.37. The smallest absolute Gasteiger partial charge is 0.280 e. The molecule has 7 nitrogen and oxygen atoms in total. The Hall–Kier alpha value is -3.00. The van der Waals surface area contributed by atoms with Crippen LogP contribution in [0.4, 0.5) is 5.69 Å². The van der Waals surface area contributed by atoms with E-state index in [1.807, 2.05) is 26.8 Å². The van der Waals surface area contributed by atoms with Gasteiger partial charge in [-0.15, -0.1) is 5.10 Å². The number of aromatic nitrogens is 2. The van der Waals surface area contributed by atoms with Gasteiger partial charge in [0.25, 0.3) is 11.8 Å². The molecule has 0 aliphatic rings. The standard InChI is InChI=1S/C20H22N4O3S/c1-13-10-11-16(27-13)17(18(25)21-20(2,3)4)24(14-8-6-5-7-9-14)19(26)15-12-28-23-22-15/h5-12,17H,1-4H3,(H,21,25). The van der Waals surface area contributed by atoms with E-state index in [9.17, 15) is 9.59 Å². The molecule has 2 heterocycles. The first-order chi connectivity index (χ1) is 13.3. The van der Waals surface area contributed by atoms with E-state index in [0.29, 0.717) is 17.2 Å². The molecule has 146 valence electrons. The van der Waals surface area contributed by atoms with Crippen molar-refractivity contribution < 1.29 is 14.0 Å². The first-order valence-electron chi connectivity index (χ1n) is 8.80. The van der Waals surface area contributed by atoms with Gasteiger partial charge in [-0.25, -0.2) is 0 Å². The number of carbonyl (C=O) groups is 2. The predicted molar refractivity (Wildman–Crippen MR) is 107 cm³/mol. The van der Waals surface area contributed by atoms with Gasteiger partial charge in [0.05, 0.1) is 0 Å². The first-order valence-corrected chi connectivity index (χ1v) is 9.64. The summed E-state index contributed by atoms with van der Waals surface area (Å²) in [6, 6.07) is 11.5. The average Bonchev–Trinajstić information content (AvgIpc) is 3.30. The summed E-state index contributed by atoms with van der Waals surface area (Å²) in [5.74, 6) is 0.254. The van der Waals surface area contributed by atoms with Gasteiger partial charge in [-0.05, 0) is 63.5 Å². The zero-order valence-corrected chi connectivity index (χ0v) is 17.0. The maximum absolute atomic E-state index is 13.3. The number of furan rings is 1. The maximum atomic E-state index is 13.3. The minimum atomic E-state index is -0.996. The molecule has 1 N–H and O–H groups in total. The fourth-order valence-corrected chi connectivity index (χ4v) is 3.20. The molecule has 0 fully saturated rings. The lowest BCUT2D eigenvalue weighted by molar-refractivity contribution is -0.124. The molecular weight excluding hydrogens is 376 g/mol. The summed E-state index contributed by atoms with van der Waals surface area (Å²) in [7, 11) is 0. The number of carbonyl (C=O) groups excluding carboxylic acids is 2. The molecule has 0 saturated carbocycles. The van der Waals surface area contributed by atoms with Gasteiger partial charge in [-0.2, -0.15) is 0 Å². The number of rotatable bonds is 5. The number of para-hydroxylation sites is 1. The minimum absolute atomic E-state index is 0.172. The summed E-state index contributed by atoms with van der Waals surface area (Å²) >= 11 is 1.08. The lowest BCUT2D eigenvalue weighted by Gasteiger charge is -2.32. The van der Waals surface area contributed by atoms with Crippen molar-refractivity contribution in [2.75, 3.05) is 4.90 Å². The molecule has 0 radical (unpaired) electrons. The monoisotopic (exact) mass is 398 g/mol. The van der Waals surface area contributed by atoms with E-state index in [0.717, 1.165) is 11.5 Å². The van der Waals surface area contributed by atoms with Crippen molar-refractivity contribution in [2.45, 2.75) is 39.3 Å². The van der Waals surface area contributed by atoms with Crippen molar-refractivity contribution in [3.05, 3.63) is 65.1 Å². The largest absolute Gasteiger partial charge is 0.464 e. The molecule has 2 aromatic heterocycles. The molecule has 0 aliphatic heterocycles. The molecule has 3 aromatic rings. The number of benzene rings is 1. The SMILES string of the molecule is Cc1ccc(C(C(=O)NC(C)(C)C)N(C(=O)c2csnn2)c2ccccc2)o1. The molecule has 3 rings (SSSR count). The van der Waals surface area contributed by atoms with Gasteiger partial charge in [-0.3, -0.25) is 14.5 Å². The molecule has 1 atom stereocenters. The fourth-order valence-electron chi connectivity index (χ4n) is 2.77. The number of amides is 2. The van der Waals surface area contributed by atoms with E-state index in [2.05, 4.69) is 14.9 Å². The fraction of sp³-hybridized carbons (Fsp3) is 0.300. The average molecular weight is 398 g/mol. The predicted octanol–water partition coefficient (Wildman–Crippen LogP) is 3.74. The van der Waals surface area contributed by atoms with E-state index in [-0.39, 0.29) is 11.6 Å². The molecule has 0 spiro atoms. The molecule has 2 amide bonds. The molecule has 0 aliphatic carbocycles. The highest BCUT2D eigenvalue weighted by molar-refractivity contribution is 7.03. The Labute approximate surface area is 167 Å². The second-order valence-electron chi connectivity index (χ2n) is 7.39. The van der Waals surface area contributed by atoms with Gasteiger partial charge in [0.2, 0.25) is 0 Å². The van der Waals surface area contributed by atoms with E-state index in [4.69, 9.17) is 4.42 Å². The highest BCUT2D eigenvalue weighted by atomic mass is 32.1. The Balaban J connectivity index is 2.13. The quantitative estimate of drug-likeness (QED) is 0.707. The van der Waals surface area contributed by atoms with Crippen LogP contribution in [0.5, 0.6) is 0 Å². The third kappa shape index (κ3) is 4.45. The van der Waals surface area contributed by atoms with Crippen molar-refractivity contribution in [2.24, 2.45) is 0 Å². The van der Waals surface area contributed by atoms with Crippen LogP contribution < -0.4 is 10.2 Å². The maximum Gasteiger partial charge on any atom is 0.280 e. The molecule has 0 bridgehead atoms. The van der Waals surface area contributed by atoms with Crippen molar-refractivity contribution in [1.29, 1.82) is 0 Å². The van der Waals surface area contributed by atoms with E-state index in [1.54, 1.807) is 48.7 Å². The number of hydrogen-bond donors (Lipinski definition) is 1. The van der Waals surface area contributed by atoms with Gasteiger partial charge < -0.3 is 9.73 Å². The summed E-state index contributed by atoms with van der Waals surface area (Å²) < 4.78 is 9.54.